The van der Waals surface area contributed by atoms with Crippen LogP contribution >= 0.6 is 0 Å². The van der Waals surface area contributed by atoms with Crippen molar-refractivity contribution in [2.45, 2.75) is 103 Å². The lowest BCUT2D eigenvalue weighted by atomic mass is 10.0. The molecule has 10 nitrogen and oxygen atoms in total. The zero-order valence-electron chi connectivity index (χ0n) is 23.5. The second-order valence-corrected chi connectivity index (χ2v) is 20.6. The number of hydrogen-bond acceptors (Lipinski definition) is 8. The summed E-state index contributed by atoms with van der Waals surface area (Å²) in [7, 11) is -5.46. The number of anilines is 1. The largest absolute Gasteiger partial charge is 0.414 e. The molecule has 4 atom stereocenters. The van der Waals surface area contributed by atoms with Gasteiger partial charge < -0.3 is 33.7 Å². The monoisotopic (exact) mass is 549 g/mol. The number of fused-ring (bicyclic) bond motifs is 2. The molecule has 206 valence electrons. The van der Waals surface area contributed by atoms with Gasteiger partial charge in [0.15, 0.2) is 0 Å². The van der Waals surface area contributed by atoms with Crippen LogP contribution in [0.3, 0.4) is 0 Å². The SMILES string of the molecule is CC1C2O[Si](C(C)C)(C(C)C)O[Si](C(C)C)(C(C)C)OCC2OC1n1cc(C(N)=O)c2c(N)ncnc21. The van der Waals surface area contributed by atoms with Crippen molar-refractivity contribution >= 4 is 39.9 Å². The fraction of sp³-hybridized carbons (Fsp3) is 0.720. The fourth-order valence-corrected chi connectivity index (χ4v) is 17.4. The number of ether oxygens (including phenoxy) is 1. The van der Waals surface area contributed by atoms with Crippen LogP contribution in [0.1, 0.15) is 78.9 Å². The third kappa shape index (κ3) is 4.45. The molecule has 0 radical (unpaired) electrons. The molecule has 0 bridgehead atoms. The van der Waals surface area contributed by atoms with Gasteiger partial charge in [0, 0.05) is 12.1 Å². The van der Waals surface area contributed by atoms with Gasteiger partial charge in [-0.3, -0.25) is 4.79 Å². The van der Waals surface area contributed by atoms with Gasteiger partial charge in [0.25, 0.3) is 5.91 Å². The number of amides is 1. The highest BCUT2D eigenvalue weighted by Crippen LogP contribution is 2.50. The number of nitrogens with two attached hydrogens (primary N) is 2. The van der Waals surface area contributed by atoms with E-state index in [2.05, 4.69) is 72.3 Å². The fourth-order valence-electron chi connectivity index (χ4n) is 6.14. The van der Waals surface area contributed by atoms with Crippen molar-refractivity contribution in [3.05, 3.63) is 18.1 Å². The standard InChI is InChI=1S/C25H43N5O5Si2/c1-13(2)36(14(3)4)32-11-19-21(34-37(35-36,15(5)6)16(7)8)17(9)25(33-19)30-10-18(23(27)31)20-22(26)28-12-29-24(20)30/h10,12-17,19,21,25H,11H2,1-9H3,(H2,27,31)(H2,26,28,29). The molecular weight excluding hydrogens is 506 g/mol. The maximum atomic E-state index is 12.3. The molecule has 2 aliphatic heterocycles. The highest BCUT2D eigenvalue weighted by molar-refractivity contribution is 6.84. The Morgan fingerprint density at radius 3 is 2.16 bits per heavy atom. The predicted octanol–water partition coefficient (Wildman–Crippen LogP) is 4.60. The van der Waals surface area contributed by atoms with E-state index in [1.807, 2.05) is 4.57 Å². The topological polar surface area (TPSA) is 137 Å². The van der Waals surface area contributed by atoms with E-state index in [1.54, 1.807) is 6.20 Å². The molecule has 1 amide bonds. The van der Waals surface area contributed by atoms with Gasteiger partial charge in [0.05, 0.1) is 23.7 Å². The van der Waals surface area contributed by atoms with Gasteiger partial charge in [-0.25, -0.2) is 9.97 Å². The number of primary amides is 1. The zero-order valence-corrected chi connectivity index (χ0v) is 25.5. The smallest absolute Gasteiger partial charge is 0.335 e. The third-order valence-corrected chi connectivity index (χ3v) is 18.4. The summed E-state index contributed by atoms with van der Waals surface area (Å²) < 4.78 is 29.9. The van der Waals surface area contributed by atoms with Crippen LogP contribution in [0.4, 0.5) is 5.82 Å². The molecule has 4 unspecified atom stereocenters. The summed E-state index contributed by atoms with van der Waals surface area (Å²) in [6, 6.07) is 0. The van der Waals surface area contributed by atoms with Gasteiger partial charge in [-0.1, -0.05) is 62.3 Å². The Balaban J connectivity index is 1.82. The molecular formula is C25H43N5O5Si2. The first-order valence-corrected chi connectivity index (χ1v) is 17.3. The minimum absolute atomic E-state index is 0.0821. The number of rotatable bonds is 6. The predicted molar refractivity (Wildman–Crippen MR) is 147 cm³/mol. The minimum atomic E-state index is -2.79. The lowest BCUT2D eigenvalue weighted by Crippen LogP contribution is -2.65. The highest BCUT2D eigenvalue weighted by atomic mass is 28.5. The van der Waals surface area contributed by atoms with E-state index in [1.165, 1.54) is 6.33 Å². The van der Waals surface area contributed by atoms with Crippen LogP contribution in [0.15, 0.2) is 12.5 Å². The highest BCUT2D eigenvalue weighted by Gasteiger charge is 2.61. The second kappa shape index (κ2) is 10.0. The molecule has 2 aromatic heterocycles. The molecule has 0 spiro atoms. The van der Waals surface area contributed by atoms with Gasteiger partial charge in [-0.15, -0.1) is 0 Å². The van der Waals surface area contributed by atoms with Crippen molar-refractivity contribution in [1.29, 1.82) is 0 Å². The van der Waals surface area contributed by atoms with Gasteiger partial charge >= 0.3 is 17.1 Å². The second-order valence-electron chi connectivity index (χ2n) is 11.8. The Morgan fingerprint density at radius 1 is 1.03 bits per heavy atom. The van der Waals surface area contributed by atoms with Crippen LogP contribution in [0, 0.1) is 5.92 Å². The number of nitrogens with zero attached hydrogens (tertiary/aromatic N) is 3. The number of carbonyl (C=O) groups excluding carboxylic acids is 1. The molecule has 0 aliphatic carbocycles. The van der Waals surface area contributed by atoms with Gasteiger partial charge in [-0.2, -0.15) is 0 Å². The number of aromatic nitrogens is 3. The molecule has 2 aromatic rings. The first kappa shape index (κ1) is 28.2. The first-order valence-electron chi connectivity index (χ1n) is 13.3. The summed E-state index contributed by atoms with van der Waals surface area (Å²) in [5.74, 6) is -0.468. The number of carbonyl (C=O) groups is 1. The molecule has 2 saturated heterocycles. The van der Waals surface area contributed by atoms with E-state index in [0.29, 0.717) is 17.6 Å². The first-order chi connectivity index (χ1) is 17.3. The van der Waals surface area contributed by atoms with Crippen LogP contribution in [-0.4, -0.2) is 56.4 Å². The Bertz CT molecular complexity index is 1140. The Labute approximate surface area is 221 Å². The molecule has 37 heavy (non-hydrogen) atoms. The average Bonchev–Trinajstić information content (AvgIpc) is 3.32. The van der Waals surface area contributed by atoms with E-state index in [0.717, 1.165) is 0 Å². The maximum Gasteiger partial charge on any atom is 0.335 e. The van der Waals surface area contributed by atoms with Crippen molar-refractivity contribution in [1.82, 2.24) is 14.5 Å². The van der Waals surface area contributed by atoms with E-state index in [9.17, 15) is 4.79 Å². The Hall–Kier alpha value is -1.84. The quantitative estimate of drug-likeness (QED) is 0.499. The summed E-state index contributed by atoms with van der Waals surface area (Å²) in [4.78, 5) is 20.8. The average molecular weight is 550 g/mol. The summed E-state index contributed by atoms with van der Waals surface area (Å²) in [5.41, 5.74) is 13.5. The van der Waals surface area contributed by atoms with Crippen LogP contribution in [0.25, 0.3) is 11.0 Å². The molecule has 12 heteroatoms. The summed E-state index contributed by atoms with van der Waals surface area (Å²) in [6.45, 7) is 20.1. The van der Waals surface area contributed by atoms with Crippen LogP contribution in [-0.2, 0) is 17.7 Å². The summed E-state index contributed by atoms with van der Waals surface area (Å²) >= 11 is 0. The summed E-state index contributed by atoms with van der Waals surface area (Å²) in [6.07, 6.45) is 2.05. The van der Waals surface area contributed by atoms with Crippen LogP contribution in [0.5, 0.6) is 0 Å². The maximum absolute atomic E-state index is 12.3. The normalized spacial score (nSPS) is 27.7. The van der Waals surface area contributed by atoms with E-state index in [-0.39, 0.29) is 51.7 Å². The molecule has 4 N–H and O–H groups in total. The van der Waals surface area contributed by atoms with Crippen LogP contribution in [0.2, 0.25) is 22.2 Å². The lowest BCUT2D eigenvalue weighted by Gasteiger charge is -2.51. The number of hydrogen-bond donors (Lipinski definition) is 2. The Kier molecular flexibility index (Phi) is 7.65. The van der Waals surface area contributed by atoms with Crippen molar-refractivity contribution < 1.29 is 22.5 Å². The molecule has 0 aromatic carbocycles. The lowest BCUT2D eigenvalue weighted by molar-refractivity contribution is -0.0548. The molecule has 2 fully saturated rings. The third-order valence-electron chi connectivity index (χ3n) is 8.16. The van der Waals surface area contributed by atoms with Crippen LogP contribution < -0.4 is 11.5 Å². The minimum Gasteiger partial charge on any atom is -0.414 e. The number of nitrogen functional groups attached to an aromatic ring is 1. The van der Waals surface area contributed by atoms with Crippen molar-refractivity contribution in [3.63, 3.8) is 0 Å². The van der Waals surface area contributed by atoms with Crippen molar-refractivity contribution in [3.8, 4) is 0 Å². The molecule has 4 rings (SSSR count). The molecule has 4 heterocycles. The van der Waals surface area contributed by atoms with E-state index in [4.69, 9.17) is 29.2 Å². The molecule has 0 saturated carbocycles. The van der Waals surface area contributed by atoms with Gasteiger partial charge in [0.1, 0.15) is 30.1 Å². The molecule has 2 aliphatic rings. The Morgan fingerprint density at radius 2 is 1.62 bits per heavy atom. The van der Waals surface area contributed by atoms with E-state index >= 15 is 0 Å². The zero-order chi connectivity index (χ0) is 27.4. The van der Waals surface area contributed by atoms with Gasteiger partial charge in [0.2, 0.25) is 0 Å². The van der Waals surface area contributed by atoms with Crippen molar-refractivity contribution in [2.24, 2.45) is 11.7 Å². The summed E-state index contributed by atoms with van der Waals surface area (Å²) in [5, 5.41) is 0.440. The van der Waals surface area contributed by atoms with Gasteiger partial charge in [-0.05, 0) is 22.2 Å². The van der Waals surface area contributed by atoms with E-state index < -0.39 is 29.3 Å². The van der Waals surface area contributed by atoms with Crippen molar-refractivity contribution in [2.75, 3.05) is 12.3 Å².